The molecule has 32 heavy (non-hydrogen) atoms. The van der Waals surface area contributed by atoms with Crippen LogP contribution < -0.4 is 0 Å². The van der Waals surface area contributed by atoms with Crippen LogP contribution in [-0.4, -0.2) is 46.3 Å². The normalized spacial score (nSPS) is 20.6. The van der Waals surface area contributed by atoms with Crippen LogP contribution >= 0.6 is 0 Å². The molecule has 2 atom stereocenters. The van der Waals surface area contributed by atoms with Gasteiger partial charge in [0.2, 0.25) is 10.0 Å². The molecule has 0 saturated carbocycles. The van der Waals surface area contributed by atoms with E-state index in [4.69, 9.17) is 9.16 Å². The molecule has 0 bridgehead atoms. The molecule has 0 aliphatic carbocycles. The first-order chi connectivity index (χ1) is 14.9. The van der Waals surface area contributed by atoms with E-state index in [0.29, 0.717) is 31.1 Å². The molecule has 2 aromatic rings. The van der Waals surface area contributed by atoms with Crippen LogP contribution in [0.4, 0.5) is 0 Å². The summed E-state index contributed by atoms with van der Waals surface area (Å²) in [7, 11) is -5.70. The number of hydrogen-bond acceptors (Lipinski definition) is 4. The summed E-state index contributed by atoms with van der Waals surface area (Å²) in [4.78, 5) is 0.323. The highest BCUT2D eigenvalue weighted by Gasteiger charge is 2.47. The van der Waals surface area contributed by atoms with Gasteiger partial charge in [-0.25, -0.2) is 8.42 Å². The maximum absolute atomic E-state index is 13.5. The summed E-state index contributed by atoms with van der Waals surface area (Å²) in [6.45, 7) is 14.2. The summed E-state index contributed by atoms with van der Waals surface area (Å²) in [5, 5.41) is 0.0473. The lowest BCUT2D eigenvalue weighted by molar-refractivity contribution is 0.0466. The van der Waals surface area contributed by atoms with E-state index in [-0.39, 0.29) is 17.2 Å². The second-order valence-electron chi connectivity index (χ2n) is 10.2. The molecule has 1 aliphatic heterocycles. The standard InChI is InChI=1S/C25H37NO4SSi/c1-20-12-14-22(15-13-20)31(27,28)26-17-16-24(30-32(5,6)25(2,3)4)23(26)19-29-18-21-10-8-7-9-11-21/h7-15,23-24H,16-19H2,1-6H3/t23-,24-/m1/s1. The van der Waals surface area contributed by atoms with Crippen LogP contribution in [0.15, 0.2) is 59.5 Å². The summed E-state index contributed by atoms with van der Waals surface area (Å²) >= 11 is 0. The molecule has 1 heterocycles. The quantitative estimate of drug-likeness (QED) is 0.482. The van der Waals surface area contributed by atoms with Gasteiger partial charge in [0.05, 0.1) is 30.3 Å². The fourth-order valence-electron chi connectivity index (χ4n) is 3.70. The molecule has 0 aromatic heterocycles. The summed E-state index contributed by atoms with van der Waals surface area (Å²) in [5.41, 5.74) is 2.10. The lowest BCUT2D eigenvalue weighted by atomic mass is 10.2. The van der Waals surface area contributed by atoms with Crippen molar-refractivity contribution in [1.29, 1.82) is 0 Å². The number of benzene rings is 2. The van der Waals surface area contributed by atoms with E-state index < -0.39 is 18.3 Å². The number of aryl methyl sites for hydroxylation is 1. The predicted molar refractivity (Wildman–Crippen MR) is 132 cm³/mol. The Morgan fingerprint density at radius 2 is 1.66 bits per heavy atom. The number of nitrogens with zero attached hydrogens (tertiary/aromatic N) is 1. The lowest BCUT2D eigenvalue weighted by Gasteiger charge is -2.40. The van der Waals surface area contributed by atoms with Gasteiger partial charge in [-0.3, -0.25) is 0 Å². The Bertz CT molecular complexity index is 985. The smallest absolute Gasteiger partial charge is 0.243 e. The number of hydrogen-bond donors (Lipinski definition) is 0. The summed E-state index contributed by atoms with van der Waals surface area (Å²) < 4.78 is 41.4. The molecule has 7 heteroatoms. The maximum atomic E-state index is 13.5. The monoisotopic (exact) mass is 475 g/mol. The Morgan fingerprint density at radius 3 is 2.25 bits per heavy atom. The van der Waals surface area contributed by atoms with Gasteiger partial charge in [-0.2, -0.15) is 4.31 Å². The zero-order valence-corrected chi connectivity index (χ0v) is 22.0. The second-order valence-corrected chi connectivity index (χ2v) is 16.8. The summed E-state index contributed by atoms with van der Waals surface area (Å²) in [6, 6.07) is 16.7. The van der Waals surface area contributed by atoms with Crippen molar-refractivity contribution in [3.63, 3.8) is 0 Å². The molecule has 3 rings (SSSR count). The Labute approximate surface area is 194 Å². The van der Waals surface area contributed by atoms with Gasteiger partial charge in [0.15, 0.2) is 8.32 Å². The van der Waals surface area contributed by atoms with E-state index in [9.17, 15) is 8.42 Å². The molecule has 0 N–H and O–H groups in total. The Kier molecular flexibility index (Phi) is 7.67. The van der Waals surface area contributed by atoms with Crippen LogP contribution in [0.5, 0.6) is 0 Å². The van der Waals surface area contributed by atoms with Crippen molar-refractivity contribution >= 4 is 18.3 Å². The average Bonchev–Trinajstić information content (AvgIpc) is 3.11. The first-order valence-corrected chi connectivity index (χ1v) is 15.6. The van der Waals surface area contributed by atoms with Crippen molar-refractivity contribution in [3.05, 3.63) is 65.7 Å². The molecule has 1 aliphatic rings. The first kappa shape index (κ1) is 25.1. The third-order valence-electron chi connectivity index (χ3n) is 6.71. The molecule has 0 unspecified atom stereocenters. The predicted octanol–water partition coefficient (Wildman–Crippen LogP) is 5.37. The van der Waals surface area contributed by atoms with Crippen LogP contribution in [0.3, 0.4) is 0 Å². The Balaban J connectivity index is 1.83. The van der Waals surface area contributed by atoms with Crippen molar-refractivity contribution in [3.8, 4) is 0 Å². The van der Waals surface area contributed by atoms with Gasteiger partial charge < -0.3 is 9.16 Å². The van der Waals surface area contributed by atoms with Crippen LogP contribution in [0, 0.1) is 6.92 Å². The van der Waals surface area contributed by atoms with Crippen molar-refractivity contribution in [2.75, 3.05) is 13.2 Å². The third kappa shape index (κ3) is 5.69. The van der Waals surface area contributed by atoms with Gasteiger partial charge >= 0.3 is 0 Å². The average molecular weight is 476 g/mol. The van der Waals surface area contributed by atoms with E-state index in [1.54, 1.807) is 16.4 Å². The SMILES string of the molecule is Cc1ccc(S(=O)(=O)N2CC[C@@H](O[Si](C)(C)C(C)(C)C)[C@H]2COCc2ccccc2)cc1. The second kappa shape index (κ2) is 9.77. The van der Waals surface area contributed by atoms with Gasteiger partial charge in [0.25, 0.3) is 0 Å². The maximum Gasteiger partial charge on any atom is 0.243 e. The van der Waals surface area contributed by atoms with E-state index in [1.807, 2.05) is 49.4 Å². The molecule has 1 fully saturated rings. The minimum Gasteiger partial charge on any atom is -0.412 e. The molecule has 1 saturated heterocycles. The number of rotatable bonds is 8. The van der Waals surface area contributed by atoms with Crippen LogP contribution in [0.25, 0.3) is 0 Å². The highest BCUT2D eigenvalue weighted by Crippen LogP contribution is 2.40. The van der Waals surface area contributed by atoms with Gasteiger partial charge in [-0.15, -0.1) is 0 Å². The Morgan fingerprint density at radius 1 is 1.03 bits per heavy atom. The van der Waals surface area contributed by atoms with Crippen LogP contribution in [0.2, 0.25) is 18.1 Å². The zero-order valence-electron chi connectivity index (χ0n) is 20.2. The van der Waals surface area contributed by atoms with Crippen molar-refractivity contribution in [2.24, 2.45) is 0 Å². The van der Waals surface area contributed by atoms with E-state index in [2.05, 4.69) is 33.9 Å². The molecule has 0 spiro atoms. The molecule has 0 radical (unpaired) electrons. The molecule has 2 aromatic carbocycles. The van der Waals surface area contributed by atoms with Gasteiger partial charge in [-0.05, 0) is 49.2 Å². The number of sulfonamides is 1. The van der Waals surface area contributed by atoms with E-state index >= 15 is 0 Å². The highest BCUT2D eigenvalue weighted by atomic mass is 32.2. The minimum absolute atomic E-state index is 0.0473. The van der Waals surface area contributed by atoms with E-state index in [1.165, 1.54) is 0 Å². The molecular weight excluding hydrogens is 438 g/mol. The summed E-state index contributed by atoms with van der Waals surface area (Å²) in [5.74, 6) is 0. The van der Waals surface area contributed by atoms with Crippen molar-refractivity contribution in [1.82, 2.24) is 4.31 Å². The fourth-order valence-corrected chi connectivity index (χ4v) is 6.73. The molecular formula is C25H37NO4SSi. The largest absolute Gasteiger partial charge is 0.412 e. The van der Waals surface area contributed by atoms with Gasteiger partial charge in [-0.1, -0.05) is 68.8 Å². The van der Waals surface area contributed by atoms with E-state index in [0.717, 1.165) is 11.1 Å². The first-order valence-electron chi connectivity index (χ1n) is 11.3. The highest BCUT2D eigenvalue weighted by molar-refractivity contribution is 7.89. The van der Waals surface area contributed by atoms with Crippen LogP contribution in [-0.2, 0) is 25.8 Å². The molecule has 5 nitrogen and oxygen atoms in total. The number of ether oxygens (including phenoxy) is 1. The minimum atomic E-state index is -3.63. The van der Waals surface area contributed by atoms with Crippen molar-refractivity contribution in [2.45, 2.75) is 75.9 Å². The zero-order chi connectivity index (χ0) is 23.6. The van der Waals surface area contributed by atoms with Crippen molar-refractivity contribution < 1.29 is 17.6 Å². The Hall–Kier alpha value is -1.51. The lowest BCUT2D eigenvalue weighted by Crippen LogP contribution is -2.50. The van der Waals surface area contributed by atoms with Crippen LogP contribution in [0.1, 0.15) is 38.3 Å². The summed E-state index contributed by atoms with van der Waals surface area (Å²) in [6.07, 6.45) is 0.503. The molecule has 176 valence electrons. The molecule has 0 amide bonds. The van der Waals surface area contributed by atoms with Gasteiger partial charge in [0, 0.05) is 6.54 Å². The third-order valence-corrected chi connectivity index (χ3v) is 13.2. The topological polar surface area (TPSA) is 55.8 Å². The van der Waals surface area contributed by atoms with Gasteiger partial charge in [0.1, 0.15) is 0 Å². The fraction of sp³-hybridized carbons (Fsp3) is 0.520.